The molecule has 30 heavy (non-hydrogen) atoms. The molecular formula is C26H26BrN3. The first-order valence-electron chi connectivity index (χ1n) is 10.1. The summed E-state index contributed by atoms with van der Waals surface area (Å²) in [5.41, 5.74) is 10.8. The number of hydrogen-bond acceptors (Lipinski definition) is 3. The van der Waals surface area contributed by atoms with E-state index < -0.39 is 0 Å². The van der Waals surface area contributed by atoms with E-state index >= 15 is 0 Å². The van der Waals surface area contributed by atoms with E-state index in [1.54, 1.807) is 0 Å². The fourth-order valence-electron chi connectivity index (χ4n) is 3.88. The zero-order valence-electron chi connectivity index (χ0n) is 17.8. The fourth-order valence-corrected chi connectivity index (χ4v) is 4.12. The monoisotopic (exact) mass is 459 g/mol. The Balaban J connectivity index is 1.80. The number of aryl methyl sites for hydroxylation is 4. The first kappa shape index (κ1) is 20.4. The van der Waals surface area contributed by atoms with E-state index in [0.717, 1.165) is 21.6 Å². The van der Waals surface area contributed by atoms with E-state index in [2.05, 4.69) is 119 Å². The van der Waals surface area contributed by atoms with Crippen LogP contribution in [-0.2, 0) is 0 Å². The summed E-state index contributed by atoms with van der Waals surface area (Å²) in [5.74, 6) is 0. The normalized spacial score (nSPS) is 13.4. The Bertz CT molecular complexity index is 1090. The molecule has 1 aliphatic heterocycles. The van der Waals surface area contributed by atoms with Gasteiger partial charge in [0.25, 0.3) is 0 Å². The van der Waals surface area contributed by atoms with Gasteiger partial charge in [-0.05, 0) is 84.6 Å². The number of halogens is 1. The quantitative estimate of drug-likeness (QED) is 0.450. The van der Waals surface area contributed by atoms with E-state index in [9.17, 15) is 0 Å². The zero-order chi connectivity index (χ0) is 21.3. The van der Waals surface area contributed by atoms with Gasteiger partial charge in [-0.25, -0.2) is 4.99 Å². The van der Waals surface area contributed by atoms with E-state index in [4.69, 9.17) is 0 Å². The summed E-state index contributed by atoms with van der Waals surface area (Å²) < 4.78 is 0.915. The predicted octanol–water partition coefficient (Wildman–Crippen LogP) is 7.09. The van der Waals surface area contributed by atoms with E-state index in [0.29, 0.717) is 6.54 Å². The van der Waals surface area contributed by atoms with Crippen molar-refractivity contribution in [3.8, 4) is 0 Å². The highest BCUT2D eigenvalue weighted by Crippen LogP contribution is 2.39. The number of nitrogens with one attached hydrogen (secondary N) is 1. The Hall–Kier alpha value is -2.85. The van der Waals surface area contributed by atoms with Crippen molar-refractivity contribution in [1.82, 2.24) is 5.32 Å². The Morgan fingerprint density at radius 1 is 0.800 bits per heavy atom. The molecule has 4 heteroatoms. The number of hydrogen-bond donors (Lipinski definition) is 1. The molecule has 152 valence electrons. The van der Waals surface area contributed by atoms with Crippen molar-refractivity contribution in [2.45, 2.75) is 27.7 Å². The lowest BCUT2D eigenvalue weighted by molar-refractivity contribution is 1.03. The number of aliphatic imine (C=N–C) groups is 1. The van der Waals surface area contributed by atoms with Gasteiger partial charge in [0, 0.05) is 17.1 Å². The van der Waals surface area contributed by atoms with Gasteiger partial charge in [-0.1, -0.05) is 47.5 Å². The molecule has 0 saturated heterocycles. The Morgan fingerprint density at radius 2 is 1.37 bits per heavy atom. The van der Waals surface area contributed by atoms with Gasteiger partial charge < -0.3 is 10.2 Å². The summed E-state index contributed by atoms with van der Waals surface area (Å²) in [7, 11) is 0. The molecule has 0 aromatic heterocycles. The molecule has 3 aromatic rings. The zero-order valence-corrected chi connectivity index (χ0v) is 19.4. The first-order valence-corrected chi connectivity index (χ1v) is 10.9. The second-order valence-electron chi connectivity index (χ2n) is 7.86. The molecule has 3 aromatic carbocycles. The van der Waals surface area contributed by atoms with E-state index in [1.807, 2.05) is 6.20 Å². The lowest BCUT2D eigenvalue weighted by atomic mass is 10.0. The number of rotatable bonds is 4. The minimum Gasteiger partial charge on any atom is -0.377 e. The van der Waals surface area contributed by atoms with Gasteiger partial charge >= 0.3 is 0 Å². The molecule has 3 nitrogen and oxygen atoms in total. The van der Waals surface area contributed by atoms with Crippen LogP contribution in [0.5, 0.6) is 0 Å². The molecular weight excluding hydrogens is 434 g/mol. The largest absolute Gasteiger partial charge is 0.377 e. The molecule has 0 spiro atoms. The van der Waals surface area contributed by atoms with Crippen LogP contribution in [0.2, 0.25) is 0 Å². The summed E-state index contributed by atoms with van der Waals surface area (Å²) in [6, 6.07) is 22.0. The lowest BCUT2D eigenvalue weighted by Gasteiger charge is -2.29. The molecule has 0 amide bonds. The highest BCUT2D eigenvalue weighted by Gasteiger charge is 2.17. The van der Waals surface area contributed by atoms with Gasteiger partial charge in [-0.15, -0.1) is 0 Å². The molecule has 0 fully saturated rings. The molecule has 0 aliphatic carbocycles. The maximum Gasteiger partial charge on any atom is 0.102 e. The minimum absolute atomic E-state index is 0.713. The Kier molecular flexibility index (Phi) is 5.78. The SMILES string of the molecule is Cc1ccc(N(c2ccc(C3=CN=C(Br)CN3)cc2)c2ccc(C)cc2C)c(C)c1. The molecule has 1 N–H and O–H groups in total. The van der Waals surface area contributed by atoms with E-state index in [-0.39, 0.29) is 0 Å². The second kappa shape index (κ2) is 8.49. The van der Waals surface area contributed by atoms with Gasteiger partial charge in [0.2, 0.25) is 0 Å². The fraction of sp³-hybridized carbons (Fsp3) is 0.192. The lowest BCUT2D eigenvalue weighted by Crippen LogP contribution is -2.21. The highest BCUT2D eigenvalue weighted by atomic mass is 79.9. The summed E-state index contributed by atoms with van der Waals surface area (Å²) >= 11 is 3.43. The molecule has 0 unspecified atom stereocenters. The van der Waals surface area contributed by atoms with Crippen molar-refractivity contribution < 1.29 is 0 Å². The molecule has 4 rings (SSSR count). The second-order valence-corrected chi connectivity index (χ2v) is 8.78. The third-order valence-electron chi connectivity index (χ3n) is 5.38. The molecule has 0 bridgehead atoms. The Morgan fingerprint density at radius 3 is 1.83 bits per heavy atom. The van der Waals surface area contributed by atoms with Crippen LogP contribution in [0, 0.1) is 27.7 Å². The third-order valence-corrected chi connectivity index (χ3v) is 5.87. The average molecular weight is 460 g/mol. The number of nitrogens with zero attached hydrogens (tertiary/aromatic N) is 2. The number of anilines is 3. The summed E-state index contributed by atoms with van der Waals surface area (Å²) in [5, 5.41) is 3.40. The van der Waals surface area contributed by atoms with Crippen LogP contribution in [-0.4, -0.2) is 11.2 Å². The van der Waals surface area contributed by atoms with Crippen molar-refractivity contribution >= 4 is 43.3 Å². The van der Waals surface area contributed by atoms with Crippen LogP contribution in [0.3, 0.4) is 0 Å². The van der Waals surface area contributed by atoms with Crippen molar-refractivity contribution in [2.24, 2.45) is 4.99 Å². The summed E-state index contributed by atoms with van der Waals surface area (Å²) in [4.78, 5) is 6.73. The van der Waals surface area contributed by atoms with Crippen LogP contribution < -0.4 is 10.2 Å². The molecule has 0 saturated carbocycles. The average Bonchev–Trinajstić information content (AvgIpc) is 2.72. The van der Waals surface area contributed by atoms with Crippen LogP contribution in [0.25, 0.3) is 5.70 Å². The van der Waals surface area contributed by atoms with Gasteiger partial charge in [-0.3, -0.25) is 0 Å². The smallest absolute Gasteiger partial charge is 0.102 e. The first-order chi connectivity index (χ1) is 14.4. The highest BCUT2D eigenvalue weighted by molar-refractivity contribution is 9.18. The van der Waals surface area contributed by atoms with Gasteiger partial charge in [0.1, 0.15) is 4.62 Å². The van der Waals surface area contributed by atoms with E-state index in [1.165, 1.54) is 33.6 Å². The summed E-state index contributed by atoms with van der Waals surface area (Å²) in [6.07, 6.45) is 1.87. The minimum atomic E-state index is 0.713. The van der Waals surface area contributed by atoms with Crippen LogP contribution in [0.4, 0.5) is 17.1 Å². The maximum atomic E-state index is 4.38. The van der Waals surface area contributed by atoms with Crippen molar-refractivity contribution in [1.29, 1.82) is 0 Å². The van der Waals surface area contributed by atoms with Crippen molar-refractivity contribution in [2.75, 3.05) is 11.4 Å². The van der Waals surface area contributed by atoms with Crippen molar-refractivity contribution in [3.63, 3.8) is 0 Å². The van der Waals surface area contributed by atoms with Crippen LogP contribution in [0.1, 0.15) is 27.8 Å². The number of benzene rings is 3. The standard InChI is InChI=1S/C26H26BrN3/c1-17-5-11-24(19(3)13-17)30(25-12-6-18(2)14-20(25)4)22-9-7-21(8-10-22)23-15-29-26(27)16-28-23/h5-15,28H,16H2,1-4H3. The van der Waals surface area contributed by atoms with Gasteiger partial charge in [0.15, 0.2) is 0 Å². The molecule has 0 radical (unpaired) electrons. The van der Waals surface area contributed by atoms with Gasteiger partial charge in [-0.2, -0.15) is 0 Å². The summed E-state index contributed by atoms with van der Waals surface area (Å²) in [6.45, 7) is 9.35. The third kappa shape index (κ3) is 4.19. The molecule has 1 heterocycles. The topological polar surface area (TPSA) is 27.6 Å². The van der Waals surface area contributed by atoms with Crippen LogP contribution in [0.15, 0.2) is 71.9 Å². The predicted molar refractivity (Wildman–Crippen MR) is 132 cm³/mol. The molecule has 1 aliphatic rings. The van der Waals surface area contributed by atoms with Crippen LogP contribution >= 0.6 is 15.9 Å². The van der Waals surface area contributed by atoms with Crippen molar-refractivity contribution in [3.05, 3.63) is 94.7 Å². The maximum absolute atomic E-state index is 4.38. The molecule has 0 atom stereocenters. The van der Waals surface area contributed by atoms with Gasteiger partial charge in [0.05, 0.1) is 18.4 Å². The Labute approximate surface area is 187 Å².